The molecule has 4 rings (SSSR count). The summed E-state index contributed by atoms with van der Waals surface area (Å²) in [6, 6.07) is 20.3. The molecule has 25 heavy (non-hydrogen) atoms. The first-order chi connectivity index (χ1) is 12.2. The minimum atomic E-state index is 0.627. The van der Waals surface area contributed by atoms with E-state index >= 15 is 0 Å². The van der Waals surface area contributed by atoms with Crippen LogP contribution in [-0.4, -0.2) is 5.71 Å². The molecule has 0 spiro atoms. The highest BCUT2D eigenvalue weighted by Crippen LogP contribution is 2.31. The van der Waals surface area contributed by atoms with Crippen molar-refractivity contribution >= 4 is 51.5 Å². The monoisotopic (exact) mass is 363 g/mol. The highest BCUT2D eigenvalue weighted by molar-refractivity contribution is 6.35. The summed E-state index contributed by atoms with van der Waals surface area (Å²) in [6.07, 6.45) is 7.07. The van der Waals surface area contributed by atoms with E-state index in [2.05, 4.69) is 65.7 Å². The number of nitrogens with zero attached hydrogens (tertiary/aromatic N) is 1. The third-order valence-electron chi connectivity index (χ3n) is 4.22. The van der Waals surface area contributed by atoms with Crippen molar-refractivity contribution in [3.63, 3.8) is 0 Å². The molecule has 122 valence electrons. The Bertz CT molecular complexity index is 1040. The fourth-order valence-corrected chi connectivity index (χ4v) is 3.43. The average molecular weight is 364 g/mol. The summed E-state index contributed by atoms with van der Waals surface area (Å²) in [5, 5.41) is 3.75. The molecule has 3 aromatic rings. The zero-order valence-corrected chi connectivity index (χ0v) is 14.9. The van der Waals surface area contributed by atoms with Crippen LogP contribution >= 0.6 is 23.2 Å². The van der Waals surface area contributed by atoms with Crippen LogP contribution in [0.15, 0.2) is 77.8 Å². The van der Waals surface area contributed by atoms with E-state index in [0.717, 1.165) is 23.4 Å². The molecule has 0 saturated carbocycles. The Morgan fingerprint density at radius 3 is 2.52 bits per heavy atom. The van der Waals surface area contributed by atoms with Gasteiger partial charge in [0, 0.05) is 22.7 Å². The van der Waals surface area contributed by atoms with Gasteiger partial charge in [-0.1, -0.05) is 71.8 Å². The summed E-state index contributed by atoms with van der Waals surface area (Å²) in [5.74, 6) is 0. The van der Waals surface area contributed by atoms with Crippen LogP contribution in [0.1, 0.15) is 17.5 Å². The molecule has 0 saturated heterocycles. The van der Waals surface area contributed by atoms with Gasteiger partial charge < -0.3 is 0 Å². The number of aliphatic imine (C=N–C) groups is 1. The maximum atomic E-state index is 6.27. The van der Waals surface area contributed by atoms with Crippen LogP contribution in [0.3, 0.4) is 0 Å². The second-order valence-corrected chi connectivity index (χ2v) is 6.80. The Kier molecular flexibility index (Phi) is 4.44. The van der Waals surface area contributed by atoms with Crippen molar-refractivity contribution in [1.29, 1.82) is 0 Å². The van der Waals surface area contributed by atoms with E-state index in [1.54, 1.807) is 6.07 Å². The van der Waals surface area contributed by atoms with Crippen LogP contribution in [0, 0.1) is 0 Å². The molecule has 0 bridgehead atoms. The third-order valence-corrected chi connectivity index (χ3v) is 4.77. The summed E-state index contributed by atoms with van der Waals surface area (Å²) in [4.78, 5) is 4.69. The maximum Gasteiger partial charge on any atom is 0.0684 e. The van der Waals surface area contributed by atoms with Crippen LogP contribution in [-0.2, 0) is 0 Å². The molecular formula is C22H15Cl2N. The van der Waals surface area contributed by atoms with Gasteiger partial charge in [-0.05, 0) is 46.7 Å². The van der Waals surface area contributed by atoms with Crippen LogP contribution in [0.5, 0.6) is 0 Å². The second kappa shape index (κ2) is 6.87. The van der Waals surface area contributed by atoms with E-state index in [1.807, 2.05) is 12.1 Å². The topological polar surface area (TPSA) is 12.4 Å². The van der Waals surface area contributed by atoms with E-state index in [4.69, 9.17) is 23.2 Å². The van der Waals surface area contributed by atoms with Gasteiger partial charge in [0.2, 0.25) is 0 Å². The highest BCUT2D eigenvalue weighted by Gasteiger charge is 2.11. The summed E-state index contributed by atoms with van der Waals surface area (Å²) >= 11 is 12.2. The zero-order chi connectivity index (χ0) is 17.2. The minimum Gasteiger partial charge on any atom is -0.253 e. The lowest BCUT2D eigenvalue weighted by molar-refractivity contribution is 1.53. The molecule has 0 aromatic heterocycles. The quantitative estimate of drug-likeness (QED) is 0.472. The molecule has 0 atom stereocenters. The first-order valence-electron chi connectivity index (χ1n) is 8.09. The molecule has 1 aliphatic heterocycles. The predicted octanol–water partition coefficient (Wildman–Crippen LogP) is 7.05. The highest BCUT2D eigenvalue weighted by atomic mass is 35.5. The van der Waals surface area contributed by atoms with Crippen molar-refractivity contribution in [2.75, 3.05) is 0 Å². The van der Waals surface area contributed by atoms with Crippen molar-refractivity contribution in [2.45, 2.75) is 6.42 Å². The first-order valence-corrected chi connectivity index (χ1v) is 8.85. The Morgan fingerprint density at radius 2 is 1.68 bits per heavy atom. The fourth-order valence-electron chi connectivity index (χ4n) is 2.92. The number of fused-ring (bicyclic) bond motifs is 1. The number of benzene rings is 3. The molecule has 0 amide bonds. The van der Waals surface area contributed by atoms with Crippen molar-refractivity contribution in [2.24, 2.45) is 4.99 Å². The van der Waals surface area contributed by atoms with Crippen molar-refractivity contribution in [3.8, 4) is 0 Å². The average Bonchev–Trinajstić information content (AvgIpc) is 3.08. The van der Waals surface area contributed by atoms with Crippen molar-refractivity contribution in [1.82, 2.24) is 0 Å². The molecule has 0 N–H and O–H groups in total. The predicted molar refractivity (Wildman–Crippen MR) is 109 cm³/mol. The maximum absolute atomic E-state index is 6.27. The molecule has 1 heterocycles. The molecule has 3 aromatic carbocycles. The van der Waals surface area contributed by atoms with Gasteiger partial charge in [0.25, 0.3) is 0 Å². The summed E-state index contributed by atoms with van der Waals surface area (Å²) in [5.41, 5.74) is 4.01. The van der Waals surface area contributed by atoms with Crippen LogP contribution < -0.4 is 0 Å². The Hall–Kier alpha value is -2.35. The van der Waals surface area contributed by atoms with Gasteiger partial charge in [-0.25, -0.2) is 0 Å². The molecule has 0 unspecified atom stereocenters. The Labute approximate surface area is 156 Å². The molecule has 0 fully saturated rings. The standard InChI is InChI=1S/C22H15Cl2N/c23-18-8-11-20(21(24)14-18)22-12-10-19(25-22)9-6-15-5-7-16-3-1-2-4-17(16)13-15/h1-9,11-14H,10H2/b9-6+. The Morgan fingerprint density at radius 1 is 0.840 bits per heavy atom. The van der Waals surface area contributed by atoms with Crippen LogP contribution in [0.25, 0.3) is 22.5 Å². The van der Waals surface area contributed by atoms with Crippen molar-refractivity contribution in [3.05, 3.63) is 94.0 Å². The third kappa shape index (κ3) is 3.53. The van der Waals surface area contributed by atoms with Gasteiger partial charge in [0.05, 0.1) is 10.7 Å². The smallest absolute Gasteiger partial charge is 0.0684 e. The SMILES string of the molecule is Clc1ccc(C2=CCC(/C=C/c3ccc4ccccc4c3)=N2)c(Cl)c1. The van der Waals surface area contributed by atoms with Crippen LogP contribution in [0.4, 0.5) is 0 Å². The molecule has 1 aliphatic rings. The molecular weight excluding hydrogens is 349 g/mol. The van der Waals surface area contributed by atoms with E-state index < -0.39 is 0 Å². The first kappa shape index (κ1) is 16.1. The number of halogens is 2. The normalized spacial score (nSPS) is 14.2. The molecule has 0 aliphatic carbocycles. The minimum absolute atomic E-state index is 0.627. The van der Waals surface area contributed by atoms with Gasteiger partial charge in [-0.2, -0.15) is 0 Å². The van der Waals surface area contributed by atoms with Gasteiger partial charge in [-0.15, -0.1) is 0 Å². The van der Waals surface area contributed by atoms with E-state index in [9.17, 15) is 0 Å². The van der Waals surface area contributed by atoms with Gasteiger partial charge >= 0.3 is 0 Å². The second-order valence-electron chi connectivity index (χ2n) is 5.96. The molecule has 0 radical (unpaired) electrons. The van der Waals surface area contributed by atoms with Gasteiger partial charge in [0.15, 0.2) is 0 Å². The zero-order valence-electron chi connectivity index (χ0n) is 13.4. The largest absolute Gasteiger partial charge is 0.253 e. The Balaban J connectivity index is 1.56. The van der Waals surface area contributed by atoms with Gasteiger partial charge in [-0.3, -0.25) is 4.99 Å². The van der Waals surface area contributed by atoms with E-state index in [1.165, 1.54) is 16.3 Å². The lowest BCUT2D eigenvalue weighted by Gasteiger charge is -2.02. The number of rotatable bonds is 3. The summed E-state index contributed by atoms with van der Waals surface area (Å²) in [7, 11) is 0. The summed E-state index contributed by atoms with van der Waals surface area (Å²) in [6.45, 7) is 0. The summed E-state index contributed by atoms with van der Waals surface area (Å²) < 4.78 is 0. The van der Waals surface area contributed by atoms with E-state index in [-0.39, 0.29) is 0 Å². The van der Waals surface area contributed by atoms with E-state index in [0.29, 0.717) is 10.0 Å². The molecule has 1 nitrogen and oxygen atoms in total. The number of allylic oxidation sites excluding steroid dienone is 2. The van der Waals surface area contributed by atoms with Crippen molar-refractivity contribution < 1.29 is 0 Å². The molecule has 3 heteroatoms. The lowest BCUT2D eigenvalue weighted by atomic mass is 10.1. The lowest BCUT2D eigenvalue weighted by Crippen LogP contribution is -1.86. The number of hydrogen-bond donors (Lipinski definition) is 0. The fraction of sp³-hybridized carbons (Fsp3) is 0.0455. The number of hydrogen-bond acceptors (Lipinski definition) is 1. The van der Waals surface area contributed by atoms with Crippen LogP contribution in [0.2, 0.25) is 10.0 Å². The van der Waals surface area contributed by atoms with Gasteiger partial charge in [0.1, 0.15) is 0 Å².